The Morgan fingerprint density at radius 1 is 1.03 bits per heavy atom. The fraction of sp³-hybridized carbons (Fsp3) is 0.710. The molecule has 1 aromatic carbocycles. The molecule has 0 bridgehead atoms. The highest BCUT2D eigenvalue weighted by atomic mass is 28.4. The maximum atomic E-state index is 13.0. The van der Waals surface area contributed by atoms with Crippen molar-refractivity contribution in [3.05, 3.63) is 47.5 Å². The number of hydrogen-bond acceptors (Lipinski definition) is 5. The van der Waals surface area contributed by atoms with Gasteiger partial charge < -0.3 is 24.0 Å². The van der Waals surface area contributed by atoms with Crippen molar-refractivity contribution in [1.82, 2.24) is 5.32 Å². The van der Waals surface area contributed by atoms with Crippen molar-refractivity contribution in [3.8, 4) is 0 Å². The Morgan fingerprint density at radius 2 is 1.68 bits per heavy atom. The summed E-state index contributed by atoms with van der Waals surface area (Å²) in [4.78, 5) is 13.0. The highest BCUT2D eigenvalue weighted by Crippen LogP contribution is 2.44. The number of benzene rings is 1. The van der Waals surface area contributed by atoms with E-state index < -0.39 is 20.2 Å². The first kappa shape index (κ1) is 30.9. The van der Waals surface area contributed by atoms with Gasteiger partial charge in [-0.05, 0) is 56.0 Å². The normalized spacial score (nSPS) is 25.0. The molecule has 38 heavy (non-hydrogen) atoms. The Balaban J connectivity index is 1.81. The molecule has 0 unspecified atom stereocenters. The first-order chi connectivity index (χ1) is 17.8. The standard InChI is InChI=1S/C31H51NO5Si/c1-9-10-11-12-13-17-20-24-21-25(32-29(33)34-22-23-18-15-14-16-19-23)27(37-38(7,8)30(2,3)4)28-26(24)35-31(5,6)36-28/h14-16,18-19,21,25-28H,9-13,17,20,22H2,1-8H3,(H,32,33)/t25-,26-,27-,28-/m1/s1. The molecular weight excluding hydrogens is 494 g/mol. The molecule has 0 spiro atoms. The number of amides is 1. The van der Waals surface area contributed by atoms with E-state index >= 15 is 0 Å². The van der Waals surface area contributed by atoms with Crippen LogP contribution in [0.2, 0.25) is 18.1 Å². The lowest BCUT2D eigenvalue weighted by atomic mass is 9.85. The molecule has 7 heteroatoms. The van der Waals surface area contributed by atoms with Gasteiger partial charge >= 0.3 is 6.09 Å². The van der Waals surface area contributed by atoms with E-state index in [1.54, 1.807) is 0 Å². The second-order valence-corrected chi connectivity index (χ2v) is 17.6. The van der Waals surface area contributed by atoms with E-state index in [9.17, 15) is 4.79 Å². The summed E-state index contributed by atoms with van der Waals surface area (Å²) >= 11 is 0. The molecule has 1 N–H and O–H groups in total. The molecule has 6 nitrogen and oxygen atoms in total. The van der Waals surface area contributed by atoms with Crippen LogP contribution in [0, 0.1) is 0 Å². The first-order valence-corrected chi connectivity index (χ1v) is 17.4. The van der Waals surface area contributed by atoms with Gasteiger partial charge in [-0.1, -0.05) is 96.2 Å². The molecule has 1 fully saturated rings. The third kappa shape index (κ3) is 8.41. The fourth-order valence-corrected chi connectivity index (χ4v) is 6.27. The maximum Gasteiger partial charge on any atom is 0.408 e. The molecule has 1 heterocycles. The molecule has 0 radical (unpaired) electrons. The van der Waals surface area contributed by atoms with Crippen molar-refractivity contribution in [1.29, 1.82) is 0 Å². The minimum Gasteiger partial charge on any atom is -0.445 e. The van der Waals surface area contributed by atoms with Crippen molar-refractivity contribution in [2.24, 2.45) is 0 Å². The summed E-state index contributed by atoms with van der Waals surface area (Å²) in [5.41, 5.74) is 2.15. The molecule has 3 rings (SSSR count). The van der Waals surface area contributed by atoms with Gasteiger partial charge in [-0.25, -0.2) is 4.79 Å². The summed E-state index contributed by atoms with van der Waals surface area (Å²) in [5, 5.41) is 3.14. The van der Waals surface area contributed by atoms with Gasteiger partial charge in [0.15, 0.2) is 14.1 Å². The Labute approximate surface area is 232 Å². The van der Waals surface area contributed by atoms with E-state index in [4.69, 9.17) is 18.6 Å². The van der Waals surface area contributed by atoms with Crippen LogP contribution in [0.4, 0.5) is 4.79 Å². The average molecular weight is 546 g/mol. The lowest BCUT2D eigenvalue weighted by Gasteiger charge is -2.45. The van der Waals surface area contributed by atoms with Gasteiger partial charge in [0.05, 0.1) is 12.1 Å². The van der Waals surface area contributed by atoms with Crippen LogP contribution in [0.15, 0.2) is 42.0 Å². The molecule has 1 saturated heterocycles. The topological polar surface area (TPSA) is 66.0 Å². The smallest absolute Gasteiger partial charge is 0.408 e. The van der Waals surface area contributed by atoms with Gasteiger partial charge in [0.2, 0.25) is 0 Å². The molecule has 1 aromatic rings. The molecule has 1 aliphatic carbocycles. The molecule has 0 saturated carbocycles. The van der Waals surface area contributed by atoms with E-state index in [1.165, 1.54) is 37.7 Å². The Bertz CT molecular complexity index is 924. The zero-order valence-corrected chi connectivity index (χ0v) is 26.0. The molecule has 2 aliphatic rings. The monoisotopic (exact) mass is 545 g/mol. The van der Waals surface area contributed by atoms with Crippen molar-refractivity contribution >= 4 is 14.4 Å². The highest BCUT2D eigenvalue weighted by Gasteiger charge is 2.54. The van der Waals surface area contributed by atoms with Gasteiger partial charge in [-0.3, -0.25) is 0 Å². The van der Waals surface area contributed by atoms with Gasteiger partial charge in [-0.2, -0.15) is 0 Å². The molecule has 1 aliphatic heterocycles. The quantitative estimate of drug-likeness (QED) is 0.164. The minimum absolute atomic E-state index is 0.0122. The Hall–Kier alpha value is -1.67. The van der Waals surface area contributed by atoms with Gasteiger partial charge in [-0.15, -0.1) is 0 Å². The molecule has 0 aromatic heterocycles. The van der Waals surface area contributed by atoms with E-state index in [-0.39, 0.29) is 36.0 Å². The van der Waals surface area contributed by atoms with Crippen LogP contribution in [0.5, 0.6) is 0 Å². The SMILES string of the molecule is CCCCCCCCC1=C[C@@H](NC(=O)OCc2ccccc2)[C@@H](O[Si](C)(C)C(C)(C)C)[C@@H]2OC(C)(C)O[C@H]12. The second kappa shape index (κ2) is 13.1. The van der Waals surface area contributed by atoms with E-state index in [1.807, 2.05) is 44.2 Å². The number of alkyl carbamates (subject to hydrolysis) is 1. The lowest BCUT2D eigenvalue weighted by molar-refractivity contribution is -0.152. The first-order valence-electron chi connectivity index (χ1n) is 14.5. The summed E-state index contributed by atoms with van der Waals surface area (Å²) < 4.78 is 25.5. The van der Waals surface area contributed by atoms with Crippen molar-refractivity contribution < 1.29 is 23.4 Å². The lowest BCUT2D eigenvalue weighted by Crippen LogP contribution is -2.59. The Kier molecular flexibility index (Phi) is 10.7. The van der Waals surface area contributed by atoms with Crippen LogP contribution in [0.1, 0.15) is 92.1 Å². The second-order valence-electron chi connectivity index (χ2n) is 12.9. The van der Waals surface area contributed by atoms with Crippen LogP contribution in [-0.4, -0.2) is 44.6 Å². The minimum atomic E-state index is -2.19. The molecule has 4 atom stereocenters. The highest BCUT2D eigenvalue weighted by molar-refractivity contribution is 6.74. The number of carbonyl (C=O) groups is 1. The summed E-state index contributed by atoms with van der Waals surface area (Å²) in [6, 6.07) is 9.38. The Morgan fingerprint density at radius 3 is 2.34 bits per heavy atom. The number of unbranched alkanes of at least 4 members (excludes halogenated alkanes) is 5. The van der Waals surface area contributed by atoms with Gasteiger partial charge in [0.25, 0.3) is 0 Å². The summed E-state index contributed by atoms with van der Waals surface area (Å²) in [5.74, 6) is -0.715. The number of rotatable bonds is 12. The van der Waals surface area contributed by atoms with Crippen LogP contribution in [0.25, 0.3) is 0 Å². The van der Waals surface area contributed by atoms with Crippen LogP contribution >= 0.6 is 0 Å². The molecule has 1 amide bonds. The zero-order chi connectivity index (χ0) is 28.0. The summed E-state index contributed by atoms with van der Waals surface area (Å²) in [7, 11) is -2.19. The van der Waals surface area contributed by atoms with E-state index in [2.05, 4.69) is 52.2 Å². The number of carbonyl (C=O) groups excluding carboxylic acids is 1. The molecule has 214 valence electrons. The van der Waals surface area contributed by atoms with E-state index in [0.29, 0.717) is 0 Å². The average Bonchev–Trinajstić information content (AvgIpc) is 3.17. The third-order valence-corrected chi connectivity index (χ3v) is 12.6. The van der Waals surface area contributed by atoms with Crippen molar-refractivity contribution in [2.75, 3.05) is 0 Å². The predicted octanol–water partition coefficient (Wildman–Crippen LogP) is 7.88. The fourth-order valence-electron chi connectivity index (χ4n) is 4.96. The summed E-state index contributed by atoms with van der Waals surface area (Å²) in [6.45, 7) is 17.6. The number of hydrogen-bond donors (Lipinski definition) is 1. The van der Waals surface area contributed by atoms with Crippen molar-refractivity contribution in [2.45, 2.75) is 141 Å². The van der Waals surface area contributed by atoms with Gasteiger partial charge in [0, 0.05) is 0 Å². The summed E-state index contributed by atoms with van der Waals surface area (Å²) in [6.07, 6.45) is 9.19. The number of fused-ring (bicyclic) bond motifs is 1. The van der Waals surface area contributed by atoms with Crippen LogP contribution in [-0.2, 0) is 25.2 Å². The van der Waals surface area contributed by atoms with E-state index in [0.717, 1.165) is 18.4 Å². The van der Waals surface area contributed by atoms with Crippen LogP contribution < -0.4 is 5.32 Å². The van der Waals surface area contributed by atoms with Crippen molar-refractivity contribution in [3.63, 3.8) is 0 Å². The maximum absolute atomic E-state index is 13.0. The largest absolute Gasteiger partial charge is 0.445 e. The zero-order valence-electron chi connectivity index (χ0n) is 25.0. The molecular formula is C31H51NO5Si. The predicted molar refractivity (Wildman–Crippen MR) is 156 cm³/mol. The number of ether oxygens (including phenoxy) is 3. The van der Waals surface area contributed by atoms with Crippen LogP contribution in [0.3, 0.4) is 0 Å². The number of nitrogens with one attached hydrogen (secondary N) is 1. The van der Waals surface area contributed by atoms with Gasteiger partial charge in [0.1, 0.15) is 18.8 Å². The third-order valence-electron chi connectivity index (χ3n) is 8.12.